The van der Waals surface area contributed by atoms with Crippen LogP contribution >= 0.6 is 11.6 Å². The number of halogens is 2. The second-order valence-corrected chi connectivity index (χ2v) is 12.8. The number of nitrogens with one attached hydrogen (secondary N) is 1. The highest BCUT2D eigenvalue weighted by Crippen LogP contribution is 2.26. The molecule has 1 fully saturated rings. The largest absolute Gasteiger partial charge is 0.457 e. The number of esters is 1. The van der Waals surface area contributed by atoms with Gasteiger partial charge in [0, 0.05) is 29.4 Å². The van der Waals surface area contributed by atoms with E-state index in [1.54, 1.807) is 47.0 Å². The average molecular weight is 599 g/mol. The Morgan fingerprint density at radius 2 is 1.66 bits per heavy atom. The van der Waals surface area contributed by atoms with Crippen LogP contribution in [0.5, 0.6) is 0 Å². The summed E-state index contributed by atoms with van der Waals surface area (Å²) in [4.78, 5) is 30.1. The molecule has 1 aliphatic heterocycles. The number of anilines is 1. The average Bonchev–Trinajstić information content (AvgIpc) is 2.94. The number of rotatable bonds is 7. The van der Waals surface area contributed by atoms with E-state index in [0.717, 1.165) is 24.9 Å². The molecule has 0 aliphatic carbocycles. The number of hydrogen-bond donors (Lipinski definition) is 1. The van der Waals surface area contributed by atoms with Gasteiger partial charge in [-0.25, -0.2) is 17.6 Å². The minimum absolute atomic E-state index is 0.0553. The highest BCUT2D eigenvalue weighted by Gasteiger charge is 2.23. The van der Waals surface area contributed by atoms with E-state index in [1.165, 1.54) is 29.3 Å². The van der Waals surface area contributed by atoms with Crippen LogP contribution in [0.4, 0.5) is 10.1 Å². The van der Waals surface area contributed by atoms with E-state index < -0.39 is 27.1 Å². The zero-order chi connectivity index (χ0) is 29.3. The van der Waals surface area contributed by atoms with Crippen LogP contribution in [0.3, 0.4) is 0 Å². The lowest BCUT2D eigenvalue weighted by molar-refractivity contribution is -0.880. The Balaban J connectivity index is 1.56. The number of carbonyl (C=O) groups excluding carboxylic acids is 1. The van der Waals surface area contributed by atoms with E-state index in [1.807, 2.05) is 4.90 Å². The van der Waals surface area contributed by atoms with Crippen molar-refractivity contribution in [2.24, 2.45) is 0 Å². The first-order valence-corrected chi connectivity index (χ1v) is 15.4. The third kappa shape index (κ3) is 6.45. The van der Waals surface area contributed by atoms with Crippen LogP contribution in [0, 0.1) is 5.82 Å². The summed E-state index contributed by atoms with van der Waals surface area (Å²) >= 11 is 5.92. The molecule has 0 atom stereocenters. The molecule has 41 heavy (non-hydrogen) atoms. The minimum atomic E-state index is -3.37. The van der Waals surface area contributed by atoms with E-state index in [0.29, 0.717) is 34.9 Å². The molecule has 11 heteroatoms. The number of aromatic nitrogens is 1. The van der Waals surface area contributed by atoms with Crippen LogP contribution in [0.2, 0.25) is 5.02 Å². The molecule has 1 N–H and O–H groups in total. The summed E-state index contributed by atoms with van der Waals surface area (Å²) in [6, 6.07) is 16.0. The molecular formula is C30H30ClFN3O5S+. The lowest BCUT2D eigenvalue weighted by Crippen LogP contribution is -3.12. The fourth-order valence-corrected chi connectivity index (χ4v) is 5.65. The number of sulfone groups is 1. The van der Waals surface area contributed by atoms with Gasteiger partial charge in [-0.2, -0.15) is 0 Å². The first-order valence-electron chi connectivity index (χ1n) is 13.1. The predicted molar refractivity (Wildman–Crippen MR) is 156 cm³/mol. The molecule has 0 amide bonds. The van der Waals surface area contributed by atoms with Crippen LogP contribution in [0.1, 0.15) is 21.5 Å². The van der Waals surface area contributed by atoms with Crippen molar-refractivity contribution in [2.75, 3.05) is 44.4 Å². The molecule has 0 unspecified atom stereocenters. The molecular weight excluding hydrogens is 569 g/mol. The summed E-state index contributed by atoms with van der Waals surface area (Å²) in [6.45, 7) is 3.18. The fraction of sp³-hybridized carbons (Fsp3) is 0.267. The normalized spacial score (nSPS) is 14.4. The summed E-state index contributed by atoms with van der Waals surface area (Å²) in [5.74, 6) is -1.37. The predicted octanol–water partition coefficient (Wildman–Crippen LogP) is 2.94. The molecule has 4 aromatic rings. The van der Waals surface area contributed by atoms with Gasteiger partial charge >= 0.3 is 5.97 Å². The monoisotopic (exact) mass is 598 g/mol. The molecule has 8 nitrogen and oxygen atoms in total. The number of pyridine rings is 1. The first-order chi connectivity index (χ1) is 19.5. The van der Waals surface area contributed by atoms with Crippen LogP contribution in [0.15, 0.2) is 76.6 Å². The quantitative estimate of drug-likeness (QED) is 0.329. The van der Waals surface area contributed by atoms with E-state index in [2.05, 4.69) is 7.05 Å². The van der Waals surface area contributed by atoms with Gasteiger partial charge in [0.1, 0.15) is 18.0 Å². The summed E-state index contributed by atoms with van der Waals surface area (Å²) in [5, 5.41) is 0.598. The molecule has 5 rings (SSSR count). The number of ether oxygens (including phenoxy) is 1. The lowest BCUT2D eigenvalue weighted by Gasteiger charge is -2.32. The third-order valence-corrected chi connectivity index (χ3v) is 8.69. The zero-order valence-electron chi connectivity index (χ0n) is 22.7. The van der Waals surface area contributed by atoms with Crippen LogP contribution in [0.25, 0.3) is 10.9 Å². The van der Waals surface area contributed by atoms with Crippen molar-refractivity contribution in [3.8, 4) is 0 Å². The smallest absolute Gasteiger partial charge is 0.343 e. The van der Waals surface area contributed by atoms with Gasteiger partial charge in [-0.1, -0.05) is 35.9 Å². The van der Waals surface area contributed by atoms with Crippen molar-refractivity contribution in [3.63, 3.8) is 0 Å². The van der Waals surface area contributed by atoms with Gasteiger partial charge < -0.3 is 19.1 Å². The van der Waals surface area contributed by atoms with Gasteiger partial charge in [-0.05, 0) is 47.5 Å². The lowest BCUT2D eigenvalue weighted by atomic mass is 10.1. The number of nitrogens with zero attached hydrogens (tertiary/aromatic N) is 2. The Labute approximate surface area is 242 Å². The second kappa shape index (κ2) is 11.6. The number of benzene rings is 3. The fourth-order valence-electron chi connectivity index (χ4n) is 4.89. The first kappa shape index (κ1) is 28.8. The van der Waals surface area contributed by atoms with Crippen molar-refractivity contribution in [1.29, 1.82) is 0 Å². The Hall–Kier alpha value is -3.73. The molecule has 1 aliphatic rings. The maximum atomic E-state index is 15.5. The maximum absolute atomic E-state index is 15.5. The zero-order valence-corrected chi connectivity index (χ0v) is 24.3. The molecule has 0 saturated carbocycles. The Morgan fingerprint density at radius 1 is 1.02 bits per heavy atom. The Morgan fingerprint density at radius 3 is 2.29 bits per heavy atom. The molecule has 3 aromatic carbocycles. The Kier molecular flexibility index (Phi) is 8.17. The maximum Gasteiger partial charge on any atom is 0.343 e. The number of piperazine rings is 1. The standard InChI is InChI=1S/C30H29ClFN3O5S/c1-33-11-13-34(14-12-33)28-16-27-24(15-26(28)32)29(36)25(30(37)40-19-21-3-7-22(31)8-4-21)18-35(27)17-20-5-9-23(10-6-20)41(2,38)39/h3-10,15-16,18H,11-14,17,19H2,1-2H3/p+1. The number of hydrogen-bond acceptors (Lipinski definition) is 6. The summed E-state index contributed by atoms with van der Waals surface area (Å²) < 4.78 is 46.4. The number of quaternary nitrogens is 1. The van der Waals surface area contributed by atoms with Gasteiger partial charge in [-0.3, -0.25) is 4.79 Å². The van der Waals surface area contributed by atoms with E-state index in [-0.39, 0.29) is 29.0 Å². The summed E-state index contributed by atoms with van der Waals surface area (Å²) in [6.07, 6.45) is 2.56. The molecule has 0 bridgehead atoms. The second-order valence-electron chi connectivity index (χ2n) is 10.4. The molecule has 214 valence electrons. The minimum Gasteiger partial charge on any atom is -0.457 e. The highest BCUT2D eigenvalue weighted by molar-refractivity contribution is 7.90. The topological polar surface area (TPSA) is 90.1 Å². The SMILES string of the molecule is C[NH+]1CCN(c2cc3c(cc2F)c(=O)c(C(=O)OCc2ccc(Cl)cc2)cn3Cc2ccc(S(C)(=O)=O)cc2)CC1. The van der Waals surface area contributed by atoms with Crippen LogP contribution in [-0.4, -0.2) is 58.4 Å². The Bertz CT molecular complexity index is 1770. The molecule has 0 radical (unpaired) electrons. The third-order valence-electron chi connectivity index (χ3n) is 7.31. The molecule has 1 aromatic heterocycles. The van der Waals surface area contributed by atoms with Crippen LogP contribution < -0.4 is 15.2 Å². The number of likely N-dealkylation sites (N-methyl/N-ethyl adjacent to an activating group) is 1. The number of fused-ring (bicyclic) bond motifs is 1. The van der Waals surface area contributed by atoms with E-state index >= 15 is 4.39 Å². The van der Waals surface area contributed by atoms with Gasteiger partial charge in [0.15, 0.2) is 9.84 Å². The number of carbonyl (C=O) groups is 1. The van der Waals surface area contributed by atoms with Crippen molar-refractivity contribution in [3.05, 3.63) is 105 Å². The van der Waals surface area contributed by atoms with Crippen molar-refractivity contribution in [1.82, 2.24) is 4.57 Å². The van der Waals surface area contributed by atoms with Crippen LogP contribution in [-0.2, 0) is 27.7 Å². The van der Waals surface area contributed by atoms with Crippen molar-refractivity contribution >= 4 is 44.0 Å². The van der Waals surface area contributed by atoms with E-state index in [4.69, 9.17) is 16.3 Å². The van der Waals surface area contributed by atoms with Gasteiger partial charge in [0.25, 0.3) is 0 Å². The molecule has 0 spiro atoms. The molecule has 2 heterocycles. The van der Waals surface area contributed by atoms with E-state index in [9.17, 15) is 18.0 Å². The van der Waals surface area contributed by atoms with Gasteiger partial charge in [-0.15, -0.1) is 0 Å². The van der Waals surface area contributed by atoms with Gasteiger partial charge in [0.05, 0.1) is 49.3 Å². The highest BCUT2D eigenvalue weighted by atomic mass is 35.5. The summed E-state index contributed by atoms with van der Waals surface area (Å²) in [5.41, 5.74) is 1.42. The van der Waals surface area contributed by atoms with Crippen molar-refractivity contribution in [2.45, 2.75) is 18.0 Å². The van der Waals surface area contributed by atoms with Crippen molar-refractivity contribution < 1.29 is 27.2 Å². The van der Waals surface area contributed by atoms with Gasteiger partial charge in [0.2, 0.25) is 5.43 Å². The molecule has 1 saturated heterocycles. The summed E-state index contributed by atoms with van der Waals surface area (Å²) in [7, 11) is -1.28.